The Balaban J connectivity index is 1.49. The normalized spacial score (nSPS) is 24.7. The molecule has 2 atom stereocenters. The zero-order valence-electron chi connectivity index (χ0n) is 22.6. The van der Waals surface area contributed by atoms with Gasteiger partial charge in [-0.05, 0) is 29.7 Å². The molecular weight excluding hydrogens is 468 g/mol. The van der Waals surface area contributed by atoms with Crippen molar-refractivity contribution in [3.8, 4) is 5.75 Å². The number of carbonyl (C=O) groups is 3. The highest BCUT2D eigenvalue weighted by Gasteiger charge is 2.34. The van der Waals surface area contributed by atoms with E-state index in [9.17, 15) is 14.4 Å². The first-order chi connectivity index (χ1) is 17.7. The first-order valence-electron chi connectivity index (χ1n) is 13.6. The molecule has 0 saturated carbocycles. The highest BCUT2D eigenvalue weighted by Crippen LogP contribution is 2.30. The van der Waals surface area contributed by atoms with Crippen molar-refractivity contribution >= 4 is 18.2 Å². The summed E-state index contributed by atoms with van der Waals surface area (Å²) >= 11 is 0. The molecule has 3 aliphatic heterocycles. The zero-order chi connectivity index (χ0) is 26.4. The summed E-state index contributed by atoms with van der Waals surface area (Å²) in [7, 11) is 0. The van der Waals surface area contributed by atoms with E-state index in [1.165, 1.54) is 0 Å². The Morgan fingerprint density at radius 2 is 1.84 bits per heavy atom. The Morgan fingerprint density at radius 3 is 2.57 bits per heavy atom. The third-order valence-electron chi connectivity index (χ3n) is 7.55. The number of carbonyl (C=O) groups excluding carboxylic acids is 3. The molecule has 0 unspecified atom stereocenters. The molecule has 0 aromatic heterocycles. The van der Waals surface area contributed by atoms with E-state index < -0.39 is 0 Å². The quantitative estimate of drug-likeness (QED) is 0.460. The molecule has 8 nitrogen and oxygen atoms in total. The summed E-state index contributed by atoms with van der Waals surface area (Å²) in [5.41, 5.74) is 1.14. The van der Waals surface area contributed by atoms with Crippen molar-refractivity contribution in [1.82, 2.24) is 19.6 Å². The van der Waals surface area contributed by atoms with Crippen LogP contribution in [-0.4, -0.2) is 96.8 Å². The van der Waals surface area contributed by atoms with Gasteiger partial charge in [-0.15, -0.1) is 0 Å². The number of piperazine rings is 1. The second-order valence-corrected chi connectivity index (χ2v) is 11.8. The predicted molar refractivity (Wildman–Crippen MR) is 143 cm³/mol. The number of hydrogen-bond acceptors (Lipinski definition) is 5. The fourth-order valence-corrected chi connectivity index (χ4v) is 5.67. The molecule has 3 amide bonds. The molecule has 1 aromatic rings. The Bertz CT molecular complexity index is 980. The average molecular weight is 511 g/mol. The molecule has 0 spiro atoms. The minimum Gasteiger partial charge on any atom is -0.489 e. The van der Waals surface area contributed by atoms with Crippen LogP contribution in [0.1, 0.15) is 39.2 Å². The van der Waals surface area contributed by atoms with E-state index in [0.717, 1.165) is 30.7 Å². The van der Waals surface area contributed by atoms with Gasteiger partial charge in [0, 0.05) is 64.3 Å². The first-order valence-corrected chi connectivity index (χ1v) is 13.6. The SMILES string of the molecule is CC(C)(C)CN1CC(=O)N2CC[C@@H](CC(=O)N3CCN(C=O)CC3)[C@@H](/C=C\COc3ccccc3C1)C2. The van der Waals surface area contributed by atoms with Crippen molar-refractivity contribution in [2.24, 2.45) is 17.3 Å². The van der Waals surface area contributed by atoms with Crippen molar-refractivity contribution in [3.05, 3.63) is 42.0 Å². The molecule has 37 heavy (non-hydrogen) atoms. The topological polar surface area (TPSA) is 73.4 Å². The second kappa shape index (κ2) is 12.1. The minimum absolute atomic E-state index is 0.0543. The average Bonchev–Trinajstić information content (AvgIpc) is 2.87. The summed E-state index contributed by atoms with van der Waals surface area (Å²) in [6.07, 6.45) is 6.32. The highest BCUT2D eigenvalue weighted by molar-refractivity contribution is 5.79. The van der Waals surface area contributed by atoms with Gasteiger partial charge in [-0.25, -0.2) is 0 Å². The Hall–Kier alpha value is -2.87. The van der Waals surface area contributed by atoms with Crippen LogP contribution < -0.4 is 4.74 Å². The van der Waals surface area contributed by atoms with Gasteiger partial charge >= 0.3 is 0 Å². The number of ether oxygens (including phenoxy) is 1. The Labute approximate surface area is 221 Å². The first kappa shape index (κ1) is 27.2. The fourth-order valence-electron chi connectivity index (χ4n) is 5.67. The number of piperidine rings is 1. The van der Waals surface area contributed by atoms with Gasteiger partial charge in [-0.2, -0.15) is 0 Å². The van der Waals surface area contributed by atoms with E-state index in [-0.39, 0.29) is 29.1 Å². The molecule has 8 heteroatoms. The van der Waals surface area contributed by atoms with Crippen LogP contribution in [0.2, 0.25) is 0 Å². The maximum Gasteiger partial charge on any atom is 0.236 e. The summed E-state index contributed by atoms with van der Waals surface area (Å²) in [6.45, 7) is 12.5. The van der Waals surface area contributed by atoms with Gasteiger partial charge in [0.1, 0.15) is 12.4 Å². The van der Waals surface area contributed by atoms with Crippen LogP contribution in [0.25, 0.3) is 0 Å². The number of benzene rings is 1. The van der Waals surface area contributed by atoms with Crippen LogP contribution in [-0.2, 0) is 20.9 Å². The van der Waals surface area contributed by atoms with Crippen LogP contribution in [0.15, 0.2) is 36.4 Å². The van der Waals surface area contributed by atoms with Crippen LogP contribution in [0, 0.1) is 17.3 Å². The Kier molecular flexibility index (Phi) is 8.90. The molecule has 1 aromatic carbocycles. The third-order valence-corrected chi connectivity index (χ3v) is 7.55. The minimum atomic E-state index is 0.0543. The van der Waals surface area contributed by atoms with Gasteiger partial charge in [0.2, 0.25) is 18.2 Å². The number of amides is 3. The smallest absolute Gasteiger partial charge is 0.236 e. The van der Waals surface area contributed by atoms with Crippen molar-refractivity contribution in [3.63, 3.8) is 0 Å². The molecular formula is C29H42N4O4. The molecule has 3 heterocycles. The van der Waals surface area contributed by atoms with Crippen LogP contribution in [0.4, 0.5) is 0 Å². The van der Waals surface area contributed by atoms with Gasteiger partial charge in [-0.3, -0.25) is 19.3 Å². The lowest BCUT2D eigenvalue weighted by Gasteiger charge is -2.40. The fraction of sp³-hybridized carbons (Fsp3) is 0.621. The molecule has 2 fully saturated rings. The van der Waals surface area contributed by atoms with Gasteiger partial charge in [0.25, 0.3) is 0 Å². The zero-order valence-corrected chi connectivity index (χ0v) is 22.6. The van der Waals surface area contributed by atoms with Crippen molar-refractivity contribution < 1.29 is 19.1 Å². The van der Waals surface area contributed by atoms with Gasteiger partial charge in [-0.1, -0.05) is 51.1 Å². The summed E-state index contributed by atoms with van der Waals surface area (Å²) < 4.78 is 6.16. The molecule has 0 aliphatic carbocycles. The van der Waals surface area contributed by atoms with E-state index in [4.69, 9.17) is 4.74 Å². The van der Waals surface area contributed by atoms with E-state index in [1.54, 1.807) is 4.90 Å². The van der Waals surface area contributed by atoms with E-state index in [0.29, 0.717) is 65.4 Å². The van der Waals surface area contributed by atoms with Crippen LogP contribution in [0.3, 0.4) is 0 Å². The summed E-state index contributed by atoms with van der Waals surface area (Å²) in [4.78, 5) is 45.4. The monoisotopic (exact) mass is 510 g/mol. The number of fused-ring (bicyclic) bond motifs is 3. The lowest BCUT2D eigenvalue weighted by Crippen LogP contribution is -2.50. The highest BCUT2D eigenvalue weighted by atomic mass is 16.5. The van der Waals surface area contributed by atoms with Gasteiger partial charge in [0.05, 0.1) is 6.54 Å². The standard InChI is InChI=1S/C29H42N4O4/c1-29(2,3)21-31-18-25-7-4-5-9-26(25)37-16-6-8-24-19-33(28(36)20-31)11-10-23(24)17-27(35)32-14-12-30(22-34)13-15-32/h4-9,22-24H,10-21H2,1-3H3/b8-6-/t23-,24-/m0/s1. The molecule has 0 N–H and O–H groups in total. The maximum absolute atomic E-state index is 13.5. The summed E-state index contributed by atoms with van der Waals surface area (Å²) in [5, 5.41) is 0. The van der Waals surface area contributed by atoms with Crippen molar-refractivity contribution in [2.75, 3.05) is 59.0 Å². The van der Waals surface area contributed by atoms with Gasteiger partial charge in [0.15, 0.2) is 0 Å². The van der Waals surface area contributed by atoms with Crippen molar-refractivity contribution in [1.29, 1.82) is 0 Å². The number of nitrogens with zero attached hydrogens (tertiary/aromatic N) is 4. The Morgan fingerprint density at radius 1 is 1.08 bits per heavy atom. The lowest BCUT2D eigenvalue weighted by atomic mass is 9.82. The number of hydrogen-bond donors (Lipinski definition) is 0. The van der Waals surface area contributed by atoms with Gasteiger partial charge < -0.3 is 19.4 Å². The molecule has 2 saturated heterocycles. The largest absolute Gasteiger partial charge is 0.489 e. The lowest BCUT2D eigenvalue weighted by molar-refractivity contribution is -0.138. The predicted octanol–water partition coefficient (Wildman–Crippen LogP) is 2.64. The molecule has 0 radical (unpaired) electrons. The van der Waals surface area contributed by atoms with Crippen LogP contribution >= 0.6 is 0 Å². The molecule has 4 rings (SSSR count). The summed E-state index contributed by atoms with van der Waals surface area (Å²) in [6, 6.07) is 8.07. The molecule has 3 aliphatic rings. The van der Waals surface area contributed by atoms with E-state index in [2.05, 4.69) is 37.8 Å². The van der Waals surface area contributed by atoms with E-state index >= 15 is 0 Å². The maximum atomic E-state index is 13.5. The summed E-state index contributed by atoms with van der Waals surface area (Å²) in [5.74, 6) is 1.43. The molecule has 202 valence electrons. The van der Waals surface area contributed by atoms with E-state index in [1.807, 2.05) is 34.1 Å². The third kappa shape index (κ3) is 7.57. The molecule has 2 bridgehead atoms. The number of rotatable bonds is 4. The number of para-hydroxylation sites is 1. The second-order valence-electron chi connectivity index (χ2n) is 11.8. The van der Waals surface area contributed by atoms with Crippen LogP contribution in [0.5, 0.6) is 5.75 Å². The van der Waals surface area contributed by atoms with Crippen molar-refractivity contribution in [2.45, 2.75) is 40.2 Å².